The molecule has 0 radical (unpaired) electrons. The van der Waals surface area contributed by atoms with Crippen molar-refractivity contribution in [3.05, 3.63) is 45.5 Å². The van der Waals surface area contributed by atoms with E-state index in [2.05, 4.69) is 53.3 Å². The second-order valence-corrected chi connectivity index (χ2v) is 8.81. The van der Waals surface area contributed by atoms with Crippen LogP contribution in [-0.4, -0.2) is 41.3 Å². The highest BCUT2D eigenvalue weighted by atomic mass is 32.1. The van der Waals surface area contributed by atoms with E-state index in [0.29, 0.717) is 23.5 Å². The number of nitrogens with zero attached hydrogens (tertiary/aromatic N) is 3. The summed E-state index contributed by atoms with van der Waals surface area (Å²) in [5.74, 6) is -0.260. The Morgan fingerprint density at radius 2 is 2.23 bits per heavy atom. The Balaban J connectivity index is 1.65. The largest absolute Gasteiger partial charge is 0.466 e. The van der Waals surface area contributed by atoms with Crippen LogP contribution in [-0.2, 0) is 22.5 Å². The molecule has 0 bridgehead atoms. The lowest BCUT2D eigenvalue weighted by atomic mass is 9.97. The first-order valence-corrected chi connectivity index (χ1v) is 11.6. The van der Waals surface area contributed by atoms with E-state index in [1.165, 1.54) is 53.8 Å². The topological polar surface area (TPSA) is 66.8 Å². The van der Waals surface area contributed by atoms with E-state index in [0.717, 1.165) is 12.1 Å². The van der Waals surface area contributed by atoms with Crippen molar-refractivity contribution in [2.45, 2.75) is 66.0 Å². The number of benzene rings is 1. The number of esters is 1. The third-order valence-electron chi connectivity index (χ3n) is 5.56. The molecule has 1 saturated heterocycles. The third-order valence-corrected chi connectivity index (χ3v) is 6.36. The number of anilines is 1. The quantitative estimate of drug-likeness (QED) is 0.375. The maximum absolute atomic E-state index is 11.6. The molecule has 3 rings (SSSR count). The second kappa shape index (κ2) is 10.7. The van der Waals surface area contributed by atoms with Crippen LogP contribution < -0.4 is 5.43 Å². The number of likely N-dealkylation sites (tertiary alicyclic amines) is 1. The summed E-state index contributed by atoms with van der Waals surface area (Å²) in [6.45, 7) is 11.0. The molecule has 2 heterocycles. The van der Waals surface area contributed by atoms with Crippen molar-refractivity contribution in [1.82, 2.24) is 9.88 Å². The normalized spacial score (nSPS) is 17.4. The van der Waals surface area contributed by atoms with Gasteiger partial charge in [0.05, 0.1) is 24.9 Å². The highest BCUT2D eigenvalue weighted by Crippen LogP contribution is 2.23. The van der Waals surface area contributed by atoms with Crippen LogP contribution >= 0.6 is 11.3 Å². The van der Waals surface area contributed by atoms with Crippen molar-refractivity contribution in [1.29, 1.82) is 0 Å². The highest BCUT2D eigenvalue weighted by Gasteiger charge is 2.19. The van der Waals surface area contributed by atoms with Gasteiger partial charge in [0, 0.05) is 18.0 Å². The van der Waals surface area contributed by atoms with Crippen LogP contribution in [0.4, 0.5) is 5.13 Å². The van der Waals surface area contributed by atoms with Crippen molar-refractivity contribution in [2.75, 3.05) is 18.6 Å². The standard InChI is InChI=1S/C23H32N4O2S/c1-5-29-22(28)12-21-15-30-23(25-21)26-24-13-19-10-16(2)11-20(18(19)4)14-27-9-7-6-8-17(27)3/h10-11,13,15,17H,5-9,12,14H2,1-4H3,(H,25,26). The molecule has 30 heavy (non-hydrogen) atoms. The lowest BCUT2D eigenvalue weighted by Gasteiger charge is -2.34. The van der Waals surface area contributed by atoms with E-state index < -0.39 is 0 Å². The summed E-state index contributed by atoms with van der Waals surface area (Å²) in [4.78, 5) is 18.6. The number of hydrazone groups is 1. The zero-order chi connectivity index (χ0) is 21.5. The fourth-order valence-electron chi connectivity index (χ4n) is 3.83. The third kappa shape index (κ3) is 6.12. The Morgan fingerprint density at radius 3 is 3.00 bits per heavy atom. The molecule has 0 aliphatic carbocycles. The van der Waals surface area contributed by atoms with Crippen molar-refractivity contribution in [3.8, 4) is 0 Å². The van der Waals surface area contributed by atoms with Gasteiger partial charge in [-0.25, -0.2) is 4.98 Å². The molecule has 2 aromatic rings. The number of piperidine rings is 1. The van der Waals surface area contributed by atoms with Crippen molar-refractivity contribution in [3.63, 3.8) is 0 Å². The Labute approximate surface area is 183 Å². The van der Waals surface area contributed by atoms with Crippen LogP contribution in [0.15, 0.2) is 22.6 Å². The van der Waals surface area contributed by atoms with E-state index in [4.69, 9.17) is 4.74 Å². The van der Waals surface area contributed by atoms with Crippen LogP contribution in [0.5, 0.6) is 0 Å². The summed E-state index contributed by atoms with van der Waals surface area (Å²) in [7, 11) is 0. The zero-order valence-electron chi connectivity index (χ0n) is 18.4. The maximum atomic E-state index is 11.6. The Morgan fingerprint density at radius 1 is 1.40 bits per heavy atom. The zero-order valence-corrected chi connectivity index (χ0v) is 19.2. The van der Waals surface area contributed by atoms with Crippen molar-refractivity contribution >= 4 is 28.7 Å². The van der Waals surface area contributed by atoms with Crippen molar-refractivity contribution in [2.24, 2.45) is 5.10 Å². The van der Waals surface area contributed by atoms with Gasteiger partial charge in [-0.2, -0.15) is 5.10 Å². The molecule has 1 N–H and O–H groups in total. The molecule has 7 heteroatoms. The molecule has 1 aromatic carbocycles. The van der Waals surface area contributed by atoms with Gasteiger partial charge in [-0.05, 0) is 63.8 Å². The van der Waals surface area contributed by atoms with Gasteiger partial charge < -0.3 is 4.74 Å². The van der Waals surface area contributed by atoms with Gasteiger partial charge in [0.1, 0.15) is 0 Å². The second-order valence-electron chi connectivity index (χ2n) is 7.95. The summed E-state index contributed by atoms with van der Waals surface area (Å²) in [6, 6.07) is 5.10. The first kappa shape index (κ1) is 22.4. The molecule has 162 valence electrons. The molecular formula is C23H32N4O2S. The van der Waals surface area contributed by atoms with Gasteiger partial charge in [0.15, 0.2) is 0 Å². The van der Waals surface area contributed by atoms with Gasteiger partial charge in [0.2, 0.25) is 5.13 Å². The number of carbonyl (C=O) groups excluding carboxylic acids is 1. The molecule has 1 atom stereocenters. The number of ether oxygens (including phenoxy) is 1. The average Bonchev–Trinajstić information content (AvgIpc) is 3.14. The van der Waals surface area contributed by atoms with Crippen LogP contribution in [0.2, 0.25) is 0 Å². The first-order valence-electron chi connectivity index (χ1n) is 10.7. The van der Waals surface area contributed by atoms with E-state index >= 15 is 0 Å². The Kier molecular flexibility index (Phi) is 7.99. The molecule has 0 saturated carbocycles. The number of thiazole rings is 1. The van der Waals surface area contributed by atoms with Crippen LogP contribution in [0.25, 0.3) is 0 Å². The summed E-state index contributed by atoms with van der Waals surface area (Å²) >= 11 is 1.43. The van der Waals surface area contributed by atoms with Gasteiger partial charge in [-0.3, -0.25) is 15.1 Å². The Bertz CT molecular complexity index is 893. The summed E-state index contributed by atoms with van der Waals surface area (Å²) in [5.41, 5.74) is 8.68. The van der Waals surface area contributed by atoms with Gasteiger partial charge in [-0.1, -0.05) is 24.1 Å². The molecule has 0 spiro atoms. The molecule has 1 fully saturated rings. The summed E-state index contributed by atoms with van der Waals surface area (Å²) in [5, 5.41) is 6.91. The predicted octanol–water partition coefficient (Wildman–Crippen LogP) is 4.69. The monoisotopic (exact) mass is 428 g/mol. The molecule has 1 aliphatic rings. The summed E-state index contributed by atoms with van der Waals surface area (Å²) < 4.78 is 4.96. The molecule has 1 unspecified atom stereocenters. The number of carbonyl (C=O) groups is 1. The fourth-order valence-corrected chi connectivity index (χ4v) is 4.49. The average molecular weight is 429 g/mol. The molecular weight excluding hydrogens is 396 g/mol. The summed E-state index contributed by atoms with van der Waals surface area (Å²) in [6.07, 6.45) is 5.96. The lowest BCUT2D eigenvalue weighted by Crippen LogP contribution is -2.37. The van der Waals surface area contributed by atoms with Gasteiger partial charge >= 0.3 is 5.97 Å². The number of aromatic nitrogens is 1. The SMILES string of the molecule is CCOC(=O)Cc1csc(NN=Cc2cc(C)cc(CN3CCCCC3C)c2C)n1. The minimum Gasteiger partial charge on any atom is -0.466 e. The van der Waals surface area contributed by atoms with Crippen LogP contribution in [0.1, 0.15) is 61.1 Å². The van der Waals surface area contributed by atoms with E-state index in [1.54, 1.807) is 6.92 Å². The number of rotatable bonds is 8. The van der Waals surface area contributed by atoms with E-state index in [1.807, 2.05) is 11.6 Å². The number of hydrogen-bond donors (Lipinski definition) is 1. The predicted molar refractivity (Wildman–Crippen MR) is 123 cm³/mol. The van der Waals surface area contributed by atoms with Gasteiger partial charge in [0.25, 0.3) is 0 Å². The Hall–Kier alpha value is -2.25. The van der Waals surface area contributed by atoms with Crippen molar-refractivity contribution < 1.29 is 9.53 Å². The molecule has 1 aliphatic heterocycles. The van der Waals surface area contributed by atoms with Crippen LogP contribution in [0.3, 0.4) is 0 Å². The maximum Gasteiger partial charge on any atom is 0.311 e. The minimum absolute atomic E-state index is 0.186. The van der Waals surface area contributed by atoms with Gasteiger partial charge in [-0.15, -0.1) is 11.3 Å². The first-order chi connectivity index (χ1) is 14.5. The lowest BCUT2D eigenvalue weighted by molar-refractivity contribution is -0.142. The highest BCUT2D eigenvalue weighted by molar-refractivity contribution is 7.13. The molecule has 1 aromatic heterocycles. The minimum atomic E-state index is -0.260. The smallest absolute Gasteiger partial charge is 0.311 e. The molecule has 6 nitrogen and oxygen atoms in total. The number of nitrogens with one attached hydrogen (secondary N) is 1. The van der Waals surface area contributed by atoms with E-state index in [9.17, 15) is 4.79 Å². The number of aryl methyl sites for hydroxylation is 1. The fraction of sp³-hybridized carbons (Fsp3) is 0.522. The van der Waals surface area contributed by atoms with Crippen LogP contribution in [0, 0.1) is 13.8 Å². The van der Waals surface area contributed by atoms with E-state index in [-0.39, 0.29) is 12.4 Å². The number of hydrogen-bond acceptors (Lipinski definition) is 7. The molecule has 0 amide bonds.